The number of pyridine rings is 1. The van der Waals surface area contributed by atoms with Gasteiger partial charge in [-0.15, -0.1) is 5.10 Å². The highest BCUT2D eigenvalue weighted by Gasteiger charge is 2.10. The van der Waals surface area contributed by atoms with E-state index >= 15 is 0 Å². The van der Waals surface area contributed by atoms with Gasteiger partial charge in [0.2, 0.25) is 0 Å². The fourth-order valence-corrected chi connectivity index (χ4v) is 2.24. The zero-order chi connectivity index (χ0) is 14.1. The molecule has 102 valence electrons. The number of methoxy groups -OCH3 is 2. The standard InChI is InChI=1S/C14H12BrN3O2/c1-19-11-5-9(6-12(8-11)20-2)14-16-13-7-10(15)3-4-18(13)17-14/h3-8H,1-2H3. The summed E-state index contributed by atoms with van der Waals surface area (Å²) in [6.45, 7) is 0. The van der Waals surface area contributed by atoms with Crippen LogP contribution in [0.1, 0.15) is 0 Å². The van der Waals surface area contributed by atoms with E-state index < -0.39 is 0 Å². The van der Waals surface area contributed by atoms with E-state index in [1.165, 1.54) is 0 Å². The van der Waals surface area contributed by atoms with Crippen molar-refractivity contribution in [1.82, 2.24) is 14.6 Å². The third kappa shape index (κ3) is 2.34. The molecule has 0 N–H and O–H groups in total. The average molecular weight is 334 g/mol. The summed E-state index contributed by atoms with van der Waals surface area (Å²) in [7, 11) is 3.24. The van der Waals surface area contributed by atoms with Crippen LogP contribution >= 0.6 is 15.9 Å². The summed E-state index contributed by atoms with van der Waals surface area (Å²) >= 11 is 3.42. The Bertz CT molecular complexity index is 748. The van der Waals surface area contributed by atoms with E-state index in [9.17, 15) is 0 Å². The lowest BCUT2D eigenvalue weighted by molar-refractivity contribution is 0.394. The molecule has 0 saturated carbocycles. The summed E-state index contributed by atoms with van der Waals surface area (Å²) in [5.74, 6) is 2.04. The first-order valence-corrected chi connectivity index (χ1v) is 6.74. The molecule has 20 heavy (non-hydrogen) atoms. The fourth-order valence-electron chi connectivity index (χ4n) is 1.92. The lowest BCUT2D eigenvalue weighted by Crippen LogP contribution is -1.90. The largest absolute Gasteiger partial charge is 0.497 e. The zero-order valence-electron chi connectivity index (χ0n) is 11.0. The number of hydrogen-bond acceptors (Lipinski definition) is 4. The first-order chi connectivity index (χ1) is 9.69. The van der Waals surface area contributed by atoms with Crippen molar-refractivity contribution in [2.45, 2.75) is 0 Å². The number of aromatic nitrogens is 3. The first kappa shape index (κ1) is 12.9. The Hall–Kier alpha value is -2.08. The molecule has 6 heteroatoms. The molecule has 0 amide bonds. The average Bonchev–Trinajstić information content (AvgIpc) is 2.89. The smallest absolute Gasteiger partial charge is 0.182 e. The normalized spacial score (nSPS) is 10.8. The highest BCUT2D eigenvalue weighted by molar-refractivity contribution is 9.10. The molecule has 0 unspecified atom stereocenters. The molecule has 2 heterocycles. The van der Waals surface area contributed by atoms with E-state index in [1.807, 2.05) is 36.5 Å². The molecule has 0 fully saturated rings. The van der Waals surface area contributed by atoms with E-state index in [-0.39, 0.29) is 0 Å². The second-order valence-corrected chi connectivity index (χ2v) is 5.10. The van der Waals surface area contributed by atoms with E-state index in [0.717, 1.165) is 15.7 Å². The molecule has 1 aromatic carbocycles. The predicted molar refractivity (Wildman–Crippen MR) is 79.2 cm³/mol. The number of hydrogen-bond donors (Lipinski definition) is 0. The van der Waals surface area contributed by atoms with Crippen LogP contribution in [-0.4, -0.2) is 28.8 Å². The molecule has 0 aliphatic carbocycles. The number of fused-ring (bicyclic) bond motifs is 1. The van der Waals surface area contributed by atoms with Crippen molar-refractivity contribution < 1.29 is 9.47 Å². The van der Waals surface area contributed by atoms with Gasteiger partial charge in [0.25, 0.3) is 0 Å². The second kappa shape index (κ2) is 5.13. The molecule has 0 bridgehead atoms. The third-order valence-electron chi connectivity index (χ3n) is 2.91. The van der Waals surface area contributed by atoms with Crippen molar-refractivity contribution in [2.75, 3.05) is 14.2 Å². The van der Waals surface area contributed by atoms with Gasteiger partial charge < -0.3 is 9.47 Å². The van der Waals surface area contributed by atoms with Gasteiger partial charge in [-0.25, -0.2) is 9.50 Å². The summed E-state index contributed by atoms with van der Waals surface area (Å²) in [4.78, 5) is 4.51. The van der Waals surface area contributed by atoms with Gasteiger partial charge in [-0.2, -0.15) is 0 Å². The van der Waals surface area contributed by atoms with Gasteiger partial charge in [0.15, 0.2) is 11.5 Å². The summed E-state index contributed by atoms with van der Waals surface area (Å²) in [5.41, 5.74) is 1.62. The van der Waals surface area contributed by atoms with Gasteiger partial charge in [-0.1, -0.05) is 15.9 Å². The van der Waals surface area contributed by atoms with Crippen molar-refractivity contribution in [3.05, 3.63) is 41.0 Å². The van der Waals surface area contributed by atoms with Crippen LogP contribution < -0.4 is 9.47 Å². The summed E-state index contributed by atoms with van der Waals surface area (Å²) in [5, 5.41) is 4.45. The summed E-state index contributed by atoms with van der Waals surface area (Å²) < 4.78 is 13.2. The van der Waals surface area contributed by atoms with E-state index in [4.69, 9.17) is 9.47 Å². The summed E-state index contributed by atoms with van der Waals surface area (Å²) in [6, 6.07) is 9.40. The number of nitrogens with zero attached hydrogens (tertiary/aromatic N) is 3. The molecular weight excluding hydrogens is 322 g/mol. The molecule has 0 aliphatic rings. The maximum atomic E-state index is 5.26. The molecule has 0 spiro atoms. The predicted octanol–water partition coefficient (Wildman–Crippen LogP) is 3.18. The van der Waals surface area contributed by atoms with Gasteiger partial charge in [0.05, 0.1) is 14.2 Å². The Kier molecular flexibility index (Phi) is 3.31. The van der Waals surface area contributed by atoms with Crippen LogP contribution in [0, 0.1) is 0 Å². The Labute approximate surface area is 124 Å². The Morgan fingerprint density at radius 2 is 1.75 bits per heavy atom. The van der Waals surface area contributed by atoms with E-state index in [2.05, 4.69) is 26.0 Å². The van der Waals surface area contributed by atoms with Gasteiger partial charge in [0.1, 0.15) is 11.5 Å². The quantitative estimate of drug-likeness (QED) is 0.738. The van der Waals surface area contributed by atoms with Crippen molar-refractivity contribution >= 4 is 21.6 Å². The molecule has 0 saturated heterocycles. The van der Waals surface area contributed by atoms with E-state index in [1.54, 1.807) is 18.7 Å². The SMILES string of the molecule is COc1cc(OC)cc(-c2nc3cc(Br)ccn3n2)c1. The minimum Gasteiger partial charge on any atom is -0.497 e. The minimum absolute atomic E-state index is 0.625. The van der Waals surface area contributed by atoms with Crippen LogP contribution in [0.5, 0.6) is 11.5 Å². The minimum atomic E-state index is 0.625. The Morgan fingerprint density at radius 3 is 2.40 bits per heavy atom. The van der Waals surface area contributed by atoms with Crippen LogP contribution in [0.3, 0.4) is 0 Å². The van der Waals surface area contributed by atoms with Crippen molar-refractivity contribution in [3.63, 3.8) is 0 Å². The number of ether oxygens (including phenoxy) is 2. The lowest BCUT2D eigenvalue weighted by Gasteiger charge is -2.05. The highest BCUT2D eigenvalue weighted by Crippen LogP contribution is 2.28. The van der Waals surface area contributed by atoms with Crippen LogP contribution in [-0.2, 0) is 0 Å². The zero-order valence-corrected chi connectivity index (χ0v) is 12.6. The topological polar surface area (TPSA) is 48.7 Å². The number of halogens is 1. The van der Waals surface area contributed by atoms with Gasteiger partial charge >= 0.3 is 0 Å². The molecule has 0 aliphatic heterocycles. The first-order valence-electron chi connectivity index (χ1n) is 5.95. The van der Waals surface area contributed by atoms with Gasteiger partial charge in [-0.05, 0) is 24.3 Å². The monoisotopic (exact) mass is 333 g/mol. The van der Waals surface area contributed by atoms with Crippen molar-refractivity contribution in [3.8, 4) is 22.9 Å². The van der Waals surface area contributed by atoms with Gasteiger partial charge in [-0.3, -0.25) is 0 Å². The Morgan fingerprint density at radius 1 is 1.05 bits per heavy atom. The maximum Gasteiger partial charge on any atom is 0.182 e. The molecule has 0 radical (unpaired) electrons. The fraction of sp³-hybridized carbons (Fsp3) is 0.143. The lowest BCUT2D eigenvalue weighted by atomic mass is 10.2. The van der Waals surface area contributed by atoms with Crippen molar-refractivity contribution in [1.29, 1.82) is 0 Å². The molecule has 3 aromatic rings. The molecule has 2 aromatic heterocycles. The third-order valence-corrected chi connectivity index (χ3v) is 3.40. The van der Waals surface area contributed by atoms with E-state index in [0.29, 0.717) is 17.3 Å². The van der Waals surface area contributed by atoms with Gasteiger partial charge in [0, 0.05) is 22.3 Å². The van der Waals surface area contributed by atoms with Crippen LogP contribution in [0.15, 0.2) is 41.0 Å². The van der Waals surface area contributed by atoms with Crippen LogP contribution in [0.25, 0.3) is 17.0 Å². The highest BCUT2D eigenvalue weighted by atomic mass is 79.9. The molecular formula is C14H12BrN3O2. The molecule has 0 atom stereocenters. The summed E-state index contributed by atoms with van der Waals surface area (Å²) in [6.07, 6.45) is 1.85. The maximum absolute atomic E-state index is 5.26. The Balaban J connectivity index is 2.14. The van der Waals surface area contributed by atoms with Crippen LogP contribution in [0.4, 0.5) is 0 Å². The number of benzene rings is 1. The number of rotatable bonds is 3. The second-order valence-electron chi connectivity index (χ2n) is 4.18. The molecule has 3 rings (SSSR count). The van der Waals surface area contributed by atoms with Crippen LogP contribution in [0.2, 0.25) is 0 Å². The van der Waals surface area contributed by atoms with Crippen molar-refractivity contribution in [2.24, 2.45) is 0 Å². The molecule has 5 nitrogen and oxygen atoms in total.